The van der Waals surface area contributed by atoms with E-state index < -0.39 is 0 Å². The lowest BCUT2D eigenvalue weighted by atomic mass is 10.1. The molecule has 2 aromatic carbocycles. The SMILES string of the molecule is CNCc1ccc(/C=C/C(=O)c2ccccc2)cc1. The van der Waals surface area contributed by atoms with Gasteiger partial charge < -0.3 is 5.32 Å². The summed E-state index contributed by atoms with van der Waals surface area (Å²) in [6, 6.07) is 17.4. The van der Waals surface area contributed by atoms with Crippen LogP contribution in [0.5, 0.6) is 0 Å². The van der Waals surface area contributed by atoms with Crippen LogP contribution in [0.15, 0.2) is 60.7 Å². The van der Waals surface area contributed by atoms with Crippen molar-refractivity contribution in [2.24, 2.45) is 0 Å². The summed E-state index contributed by atoms with van der Waals surface area (Å²) in [5.41, 5.74) is 2.98. The number of hydrogen-bond donors (Lipinski definition) is 1. The van der Waals surface area contributed by atoms with Gasteiger partial charge in [-0.1, -0.05) is 60.7 Å². The average Bonchev–Trinajstić information content (AvgIpc) is 2.47. The highest BCUT2D eigenvalue weighted by Crippen LogP contribution is 2.08. The van der Waals surface area contributed by atoms with E-state index in [1.807, 2.05) is 55.6 Å². The average molecular weight is 251 g/mol. The molecule has 0 spiro atoms. The van der Waals surface area contributed by atoms with Crippen molar-refractivity contribution in [3.8, 4) is 0 Å². The highest BCUT2D eigenvalue weighted by atomic mass is 16.1. The second-order valence-corrected chi connectivity index (χ2v) is 4.34. The molecule has 2 nitrogen and oxygen atoms in total. The minimum absolute atomic E-state index is 0.0277. The molecule has 0 unspecified atom stereocenters. The van der Waals surface area contributed by atoms with Crippen LogP contribution >= 0.6 is 0 Å². The number of carbonyl (C=O) groups excluding carboxylic acids is 1. The van der Waals surface area contributed by atoms with Gasteiger partial charge in [0.2, 0.25) is 0 Å². The molecule has 0 saturated carbocycles. The molecule has 0 heterocycles. The van der Waals surface area contributed by atoms with Crippen LogP contribution in [-0.4, -0.2) is 12.8 Å². The summed E-state index contributed by atoms with van der Waals surface area (Å²) in [4.78, 5) is 11.9. The van der Waals surface area contributed by atoms with Crippen LogP contribution in [0, 0.1) is 0 Å². The summed E-state index contributed by atoms with van der Waals surface area (Å²) in [5, 5.41) is 3.10. The molecule has 0 amide bonds. The molecule has 2 heteroatoms. The minimum Gasteiger partial charge on any atom is -0.316 e. The fraction of sp³-hybridized carbons (Fsp3) is 0.118. The van der Waals surface area contributed by atoms with E-state index in [1.165, 1.54) is 5.56 Å². The maximum absolute atomic E-state index is 11.9. The van der Waals surface area contributed by atoms with Crippen molar-refractivity contribution >= 4 is 11.9 Å². The Balaban J connectivity index is 2.04. The first kappa shape index (κ1) is 13.2. The Hall–Kier alpha value is -2.19. The summed E-state index contributed by atoms with van der Waals surface area (Å²) in [6.45, 7) is 0.854. The normalized spacial score (nSPS) is 10.8. The molecule has 0 aliphatic rings. The van der Waals surface area contributed by atoms with Gasteiger partial charge in [0.1, 0.15) is 0 Å². The Labute approximate surface area is 113 Å². The number of allylic oxidation sites excluding steroid dienone is 1. The third-order valence-corrected chi connectivity index (χ3v) is 2.85. The first-order valence-electron chi connectivity index (χ1n) is 6.30. The monoisotopic (exact) mass is 251 g/mol. The van der Waals surface area contributed by atoms with Crippen LogP contribution in [0.25, 0.3) is 6.08 Å². The van der Waals surface area contributed by atoms with Crippen molar-refractivity contribution in [1.82, 2.24) is 5.32 Å². The molecule has 1 N–H and O–H groups in total. The van der Waals surface area contributed by atoms with Crippen LogP contribution < -0.4 is 5.32 Å². The number of rotatable bonds is 5. The molecule has 19 heavy (non-hydrogen) atoms. The van der Waals surface area contributed by atoms with Crippen LogP contribution in [0.1, 0.15) is 21.5 Å². The van der Waals surface area contributed by atoms with Gasteiger partial charge in [-0.15, -0.1) is 0 Å². The van der Waals surface area contributed by atoms with Gasteiger partial charge in [-0.05, 0) is 24.3 Å². The van der Waals surface area contributed by atoms with Gasteiger partial charge in [-0.25, -0.2) is 0 Å². The van der Waals surface area contributed by atoms with E-state index >= 15 is 0 Å². The minimum atomic E-state index is 0.0277. The van der Waals surface area contributed by atoms with E-state index in [0.29, 0.717) is 5.56 Å². The third kappa shape index (κ3) is 3.90. The molecule has 0 aliphatic heterocycles. The van der Waals surface area contributed by atoms with Crippen molar-refractivity contribution in [3.05, 3.63) is 77.4 Å². The number of nitrogens with one attached hydrogen (secondary N) is 1. The maximum Gasteiger partial charge on any atom is 0.185 e. The van der Waals surface area contributed by atoms with Crippen molar-refractivity contribution in [1.29, 1.82) is 0 Å². The zero-order valence-corrected chi connectivity index (χ0v) is 11.0. The molecular formula is C17H17NO. The van der Waals surface area contributed by atoms with Gasteiger partial charge >= 0.3 is 0 Å². The highest BCUT2D eigenvalue weighted by molar-refractivity contribution is 6.06. The molecule has 0 radical (unpaired) electrons. The van der Waals surface area contributed by atoms with Gasteiger partial charge in [-0.2, -0.15) is 0 Å². The van der Waals surface area contributed by atoms with E-state index in [-0.39, 0.29) is 5.78 Å². The Bertz CT molecular complexity index is 556. The quantitative estimate of drug-likeness (QED) is 0.652. The summed E-state index contributed by atoms with van der Waals surface area (Å²) >= 11 is 0. The zero-order chi connectivity index (χ0) is 13.5. The van der Waals surface area contributed by atoms with Gasteiger partial charge in [0.05, 0.1) is 0 Å². The second kappa shape index (κ2) is 6.66. The fourth-order valence-electron chi connectivity index (χ4n) is 1.82. The molecule has 2 rings (SSSR count). The first-order valence-corrected chi connectivity index (χ1v) is 6.30. The van der Waals surface area contributed by atoms with E-state index in [4.69, 9.17) is 0 Å². The highest BCUT2D eigenvalue weighted by Gasteiger charge is 1.99. The predicted molar refractivity (Wildman–Crippen MR) is 79.0 cm³/mol. The van der Waals surface area contributed by atoms with Gasteiger partial charge in [-0.3, -0.25) is 4.79 Å². The van der Waals surface area contributed by atoms with Crippen LogP contribution in [0.2, 0.25) is 0 Å². The summed E-state index contributed by atoms with van der Waals surface area (Å²) < 4.78 is 0. The standard InChI is InChI=1S/C17H17NO/c1-18-13-15-9-7-14(8-10-15)11-12-17(19)16-5-3-2-4-6-16/h2-12,18H,13H2,1H3/b12-11+. The Morgan fingerprint density at radius 2 is 1.74 bits per heavy atom. The van der Waals surface area contributed by atoms with Crippen LogP contribution in [0.3, 0.4) is 0 Å². The Morgan fingerprint density at radius 1 is 1.05 bits per heavy atom. The maximum atomic E-state index is 11.9. The van der Waals surface area contributed by atoms with E-state index in [1.54, 1.807) is 6.08 Å². The Morgan fingerprint density at radius 3 is 2.37 bits per heavy atom. The summed E-state index contributed by atoms with van der Waals surface area (Å²) in [5.74, 6) is 0.0277. The molecule has 0 aromatic heterocycles. The van der Waals surface area contributed by atoms with Crippen molar-refractivity contribution in [2.45, 2.75) is 6.54 Å². The van der Waals surface area contributed by atoms with Crippen LogP contribution in [0.4, 0.5) is 0 Å². The van der Waals surface area contributed by atoms with E-state index in [9.17, 15) is 4.79 Å². The molecule has 0 fully saturated rings. The predicted octanol–water partition coefficient (Wildman–Crippen LogP) is 3.30. The van der Waals surface area contributed by atoms with Crippen LogP contribution in [-0.2, 0) is 6.54 Å². The zero-order valence-electron chi connectivity index (χ0n) is 11.0. The third-order valence-electron chi connectivity index (χ3n) is 2.85. The lowest BCUT2D eigenvalue weighted by Gasteiger charge is -2.00. The lowest BCUT2D eigenvalue weighted by molar-refractivity contribution is 0.104. The molecule has 0 atom stereocenters. The number of benzene rings is 2. The second-order valence-electron chi connectivity index (χ2n) is 4.34. The Kier molecular flexibility index (Phi) is 4.65. The number of ketones is 1. The van der Waals surface area contributed by atoms with E-state index in [2.05, 4.69) is 17.4 Å². The van der Waals surface area contributed by atoms with E-state index in [0.717, 1.165) is 12.1 Å². The molecule has 2 aromatic rings. The van der Waals surface area contributed by atoms with Crippen molar-refractivity contribution in [3.63, 3.8) is 0 Å². The molecule has 0 saturated heterocycles. The number of hydrogen-bond acceptors (Lipinski definition) is 2. The molecule has 96 valence electrons. The van der Waals surface area contributed by atoms with Crippen molar-refractivity contribution < 1.29 is 4.79 Å². The van der Waals surface area contributed by atoms with Gasteiger partial charge in [0.25, 0.3) is 0 Å². The lowest BCUT2D eigenvalue weighted by Crippen LogP contribution is -2.04. The number of carbonyl (C=O) groups is 1. The smallest absolute Gasteiger partial charge is 0.185 e. The first-order chi connectivity index (χ1) is 9.29. The van der Waals surface area contributed by atoms with Gasteiger partial charge in [0.15, 0.2) is 5.78 Å². The summed E-state index contributed by atoms with van der Waals surface area (Å²) in [7, 11) is 1.92. The summed E-state index contributed by atoms with van der Waals surface area (Å²) in [6.07, 6.45) is 3.46. The molecular weight excluding hydrogens is 234 g/mol. The fourth-order valence-corrected chi connectivity index (χ4v) is 1.82. The topological polar surface area (TPSA) is 29.1 Å². The van der Waals surface area contributed by atoms with Crippen molar-refractivity contribution in [2.75, 3.05) is 7.05 Å². The molecule has 0 bridgehead atoms. The largest absolute Gasteiger partial charge is 0.316 e. The molecule has 0 aliphatic carbocycles. The van der Waals surface area contributed by atoms with Gasteiger partial charge in [0, 0.05) is 12.1 Å².